The number of carbonyl (C=O) groups is 1. The Morgan fingerprint density at radius 2 is 2.20 bits per heavy atom. The first-order valence-electron chi connectivity index (χ1n) is 4.56. The number of imidazole rings is 1. The van der Waals surface area contributed by atoms with Crippen molar-refractivity contribution in [1.82, 2.24) is 24.6 Å². The van der Waals surface area contributed by atoms with Gasteiger partial charge in [-0.05, 0) is 24.3 Å². The van der Waals surface area contributed by atoms with Crippen molar-refractivity contribution in [2.24, 2.45) is 0 Å². The predicted molar refractivity (Wildman–Crippen MR) is 50.5 cm³/mol. The molecule has 0 amide bonds. The summed E-state index contributed by atoms with van der Waals surface area (Å²) in [6, 6.07) is 0. The lowest BCUT2D eigenvalue weighted by Crippen LogP contribution is -2.06. The third kappa shape index (κ3) is 1.27. The molecule has 0 spiro atoms. The Labute approximate surface area is 85.6 Å². The van der Waals surface area contributed by atoms with Crippen molar-refractivity contribution in [2.45, 2.75) is 20.4 Å². The van der Waals surface area contributed by atoms with E-state index in [0.29, 0.717) is 18.0 Å². The molecule has 80 valence electrons. The van der Waals surface area contributed by atoms with E-state index in [2.05, 4.69) is 20.1 Å². The highest BCUT2D eigenvalue weighted by atomic mass is 16.5. The zero-order valence-corrected chi connectivity index (χ0v) is 8.76. The first kappa shape index (κ1) is 9.63. The van der Waals surface area contributed by atoms with Gasteiger partial charge in [-0.15, -0.1) is 0 Å². The standard InChI is InChI=1S/C8H11N5O2/c1-4-12-7-6(8(14)15-3)9-5(2)13(7)11-10-12/h4H2,1-3H3. The molecule has 0 saturated carbocycles. The molecule has 7 nitrogen and oxygen atoms in total. The minimum Gasteiger partial charge on any atom is -0.464 e. The average Bonchev–Trinajstić information content (AvgIpc) is 2.79. The maximum atomic E-state index is 11.4. The zero-order valence-electron chi connectivity index (χ0n) is 8.76. The Hall–Kier alpha value is -1.92. The highest BCUT2D eigenvalue weighted by Crippen LogP contribution is 2.11. The van der Waals surface area contributed by atoms with Crippen LogP contribution < -0.4 is 0 Å². The highest BCUT2D eigenvalue weighted by Gasteiger charge is 2.20. The van der Waals surface area contributed by atoms with E-state index in [-0.39, 0.29) is 5.69 Å². The number of esters is 1. The molecule has 0 aliphatic rings. The van der Waals surface area contributed by atoms with Crippen molar-refractivity contribution in [3.8, 4) is 0 Å². The van der Waals surface area contributed by atoms with Crippen LogP contribution in [-0.2, 0) is 11.3 Å². The molecule has 0 radical (unpaired) electrons. The molecule has 0 fully saturated rings. The highest BCUT2D eigenvalue weighted by molar-refractivity contribution is 5.93. The molecule has 0 aromatic carbocycles. The van der Waals surface area contributed by atoms with Crippen molar-refractivity contribution in [2.75, 3.05) is 7.11 Å². The molecule has 0 unspecified atom stereocenters. The molecule has 2 aromatic heterocycles. The number of ether oxygens (including phenoxy) is 1. The SMILES string of the molecule is CCn1nnn2c(C)nc(C(=O)OC)c12. The maximum Gasteiger partial charge on any atom is 0.360 e. The van der Waals surface area contributed by atoms with Gasteiger partial charge in [-0.1, -0.05) is 0 Å². The molecule has 2 aromatic rings. The van der Waals surface area contributed by atoms with Gasteiger partial charge in [0.1, 0.15) is 5.82 Å². The van der Waals surface area contributed by atoms with Crippen LogP contribution in [-0.4, -0.2) is 37.7 Å². The summed E-state index contributed by atoms with van der Waals surface area (Å²) in [7, 11) is 1.32. The van der Waals surface area contributed by atoms with Gasteiger partial charge in [-0.25, -0.2) is 14.5 Å². The first-order valence-corrected chi connectivity index (χ1v) is 4.56. The number of rotatable bonds is 2. The fourth-order valence-electron chi connectivity index (χ4n) is 1.43. The summed E-state index contributed by atoms with van der Waals surface area (Å²) in [5.74, 6) is 0.141. The normalized spacial score (nSPS) is 10.9. The molecule has 0 aliphatic heterocycles. The van der Waals surface area contributed by atoms with E-state index in [1.165, 1.54) is 11.6 Å². The van der Waals surface area contributed by atoms with E-state index >= 15 is 0 Å². The fraction of sp³-hybridized carbons (Fsp3) is 0.500. The summed E-state index contributed by atoms with van der Waals surface area (Å²) in [4.78, 5) is 15.5. The van der Waals surface area contributed by atoms with Gasteiger partial charge in [0.15, 0.2) is 11.3 Å². The Morgan fingerprint density at radius 3 is 2.80 bits per heavy atom. The minimum atomic E-state index is -0.474. The van der Waals surface area contributed by atoms with Crippen molar-refractivity contribution in [3.63, 3.8) is 0 Å². The van der Waals surface area contributed by atoms with E-state index in [9.17, 15) is 4.79 Å². The minimum absolute atomic E-state index is 0.252. The largest absolute Gasteiger partial charge is 0.464 e. The number of methoxy groups -OCH3 is 1. The number of aryl methyl sites for hydroxylation is 2. The quantitative estimate of drug-likeness (QED) is 0.653. The van der Waals surface area contributed by atoms with Crippen LogP contribution in [0.1, 0.15) is 23.2 Å². The summed E-state index contributed by atoms with van der Waals surface area (Å²) in [5.41, 5.74) is 0.823. The summed E-state index contributed by atoms with van der Waals surface area (Å²) >= 11 is 0. The van der Waals surface area contributed by atoms with Crippen molar-refractivity contribution < 1.29 is 9.53 Å². The van der Waals surface area contributed by atoms with Gasteiger partial charge >= 0.3 is 5.97 Å². The Kier molecular flexibility index (Phi) is 2.14. The van der Waals surface area contributed by atoms with Crippen molar-refractivity contribution >= 4 is 11.6 Å². The summed E-state index contributed by atoms with van der Waals surface area (Å²) in [6.45, 7) is 4.30. The van der Waals surface area contributed by atoms with Crippen LogP contribution in [0.4, 0.5) is 0 Å². The second kappa shape index (κ2) is 3.34. The molecule has 7 heteroatoms. The monoisotopic (exact) mass is 209 g/mol. The van der Waals surface area contributed by atoms with Crippen LogP contribution in [0.25, 0.3) is 5.65 Å². The van der Waals surface area contributed by atoms with E-state index in [1.807, 2.05) is 6.92 Å². The average molecular weight is 209 g/mol. The number of carbonyl (C=O) groups excluding carboxylic acids is 1. The van der Waals surface area contributed by atoms with Crippen LogP contribution in [0.2, 0.25) is 0 Å². The molecule has 2 heterocycles. The second-order valence-corrected chi connectivity index (χ2v) is 3.03. The van der Waals surface area contributed by atoms with Gasteiger partial charge < -0.3 is 4.74 Å². The Bertz CT molecular complexity index is 512. The molecule has 0 saturated heterocycles. The van der Waals surface area contributed by atoms with Crippen LogP contribution in [0.5, 0.6) is 0 Å². The molecule has 0 aliphatic carbocycles. The lowest BCUT2D eigenvalue weighted by atomic mass is 10.4. The number of tetrazole rings is 1. The number of nitrogens with zero attached hydrogens (tertiary/aromatic N) is 5. The fourth-order valence-corrected chi connectivity index (χ4v) is 1.43. The van der Waals surface area contributed by atoms with Crippen molar-refractivity contribution in [1.29, 1.82) is 0 Å². The molecule has 0 N–H and O–H groups in total. The molecular formula is C8H11N5O2. The number of aromatic nitrogens is 5. The first-order chi connectivity index (χ1) is 7.19. The molecule has 2 rings (SSSR count). The number of fused-ring (bicyclic) bond motifs is 1. The third-order valence-electron chi connectivity index (χ3n) is 2.15. The molecule has 15 heavy (non-hydrogen) atoms. The van der Waals surface area contributed by atoms with Crippen molar-refractivity contribution in [3.05, 3.63) is 11.5 Å². The smallest absolute Gasteiger partial charge is 0.360 e. The molecule has 0 bridgehead atoms. The van der Waals surface area contributed by atoms with E-state index in [4.69, 9.17) is 0 Å². The summed E-state index contributed by atoms with van der Waals surface area (Å²) < 4.78 is 7.77. The van der Waals surface area contributed by atoms with Gasteiger partial charge in [-0.2, -0.15) is 4.52 Å². The van der Waals surface area contributed by atoms with Gasteiger partial charge in [0.2, 0.25) is 0 Å². The molecular weight excluding hydrogens is 198 g/mol. The van der Waals surface area contributed by atoms with Crippen LogP contribution in [0, 0.1) is 6.92 Å². The Morgan fingerprint density at radius 1 is 1.47 bits per heavy atom. The summed E-state index contributed by atoms with van der Waals surface area (Å²) in [6.07, 6.45) is 0. The second-order valence-electron chi connectivity index (χ2n) is 3.03. The maximum absolute atomic E-state index is 11.4. The van der Waals surface area contributed by atoms with E-state index < -0.39 is 5.97 Å². The predicted octanol–water partition coefficient (Wildman–Crippen LogP) is 0.0407. The van der Waals surface area contributed by atoms with E-state index in [0.717, 1.165) is 0 Å². The topological polar surface area (TPSA) is 74.3 Å². The van der Waals surface area contributed by atoms with Gasteiger partial charge in [0.05, 0.1) is 7.11 Å². The van der Waals surface area contributed by atoms with Crippen LogP contribution in [0.3, 0.4) is 0 Å². The van der Waals surface area contributed by atoms with Gasteiger partial charge in [-0.3, -0.25) is 0 Å². The Balaban J connectivity index is 2.72. The van der Waals surface area contributed by atoms with Gasteiger partial charge in [0, 0.05) is 6.54 Å². The lowest BCUT2D eigenvalue weighted by Gasteiger charge is -1.96. The molecule has 0 atom stereocenters. The number of hydrogen-bond acceptors (Lipinski definition) is 5. The number of hydrogen-bond donors (Lipinski definition) is 0. The third-order valence-corrected chi connectivity index (χ3v) is 2.15. The lowest BCUT2D eigenvalue weighted by molar-refractivity contribution is 0.0596. The van der Waals surface area contributed by atoms with Crippen LogP contribution >= 0.6 is 0 Å². The summed E-state index contributed by atoms with van der Waals surface area (Å²) in [5, 5.41) is 7.78. The van der Waals surface area contributed by atoms with Crippen LogP contribution in [0.15, 0.2) is 0 Å². The zero-order chi connectivity index (χ0) is 11.0. The van der Waals surface area contributed by atoms with Gasteiger partial charge in [0.25, 0.3) is 0 Å². The van der Waals surface area contributed by atoms with E-state index in [1.54, 1.807) is 11.6 Å².